The van der Waals surface area contributed by atoms with Crippen LogP contribution >= 0.6 is 0 Å². The zero-order valence-corrected chi connectivity index (χ0v) is 16.9. The lowest BCUT2D eigenvalue weighted by Crippen LogP contribution is -2.50. The summed E-state index contributed by atoms with van der Waals surface area (Å²) in [6, 6.07) is 16.5. The van der Waals surface area contributed by atoms with Crippen LogP contribution in [0.15, 0.2) is 48.5 Å². The van der Waals surface area contributed by atoms with Crippen LogP contribution in [0, 0.1) is 25.2 Å². The monoisotopic (exact) mass is 378 g/mol. The maximum Gasteiger partial charge on any atom is 0.253 e. The molecule has 2 aliphatic heterocycles. The van der Waals surface area contributed by atoms with Gasteiger partial charge >= 0.3 is 0 Å². The van der Waals surface area contributed by atoms with Gasteiger partial charge in [-0.25, -0.2) is 0 Å². The number of piperidine rings is 1. The second kappa shape index (κ2) is 7.69. The van der Waals surface area contributed by atoms with Crippen molar-refractivity contribution in [3.8, 4) is 0 Å². The SMILES string of the molecule is Cc1ccc(C(=O)N2CC[C@@]3(CO)CN(Cc4ccccc4)C[C@H]3C2)cc1C. The van der Waals surface area contributed by atoms with Crippen molar-refractivity contribution in [1.29, 1.82) is 0 Å². The molecule has 0 spiro atoms. The number of aryl methyl sites for hydroxylation is 2. The van der Waals surface area contributed by atoms with Gasteiger partial charge < -0.3 is 10.0 Å². The standard InChI is InChI=1S/C24H30N2O2/c1-18-8-9-21(12-19(18)2)23(28)26-11-10-24(17-27)16-25(14-22(24)15-26)13-20-6-4-3-5-7-20/h3-9,12,22,27H,10-11,13-17H2,1-2H3/t22-,24-/m0/s1. The molecular weight excluding hydrogens is 348 g/mol. The lowest BCUT2D eigenvalue weighted by atomic mass is 9.73. The van der Waals surface area contributed by atoms with Crippen LogP contribution in [0.5, 0.6) is 0 Å². The number of aliphatic hydroxyl groups excluding tert-OH is 1. The number of amides is 1. The van der Waals surface area contributed by atoms with E-state index in [9.17, 15) is 9.90 Å². The van der Waals surface area contributed by atoms with E-state index in [1.54, 1.807) is 0 Å². The second-order valence-corrected chi connectivity index (χ2v) is 8.67. The number of rotatable bonds is 4. The molecule has 0 unspecified atom stereocenters. The molecule has 148 valence electrons. The van der Waals surface area contributed by atoms with E-state index in [4.69, 9.17) is 0 Å². The first-order chi connectivity index (χ1) is 13.5. The summed E-state index contributed by atoms with van der Waals surface area (Å²) < 4.78 is 0. The molecule has 1 amide bonds. The third-order valence-electron chi connectivity index (χ3n) is 6.81. The van der Waals surface area contributed by atoms with Gasteiger partial charge in [0.2, 0.25) is 0 Å². The van der Waals surface area contributed by atoms with Crippen molar-refractivity contribution in [3.63, 3.8) is 0 Å². The Bertz CT molecular complexity index is 851. The first-order valence-electron chi connectivity index (χ1n) is 10.2. The second-order valence-electron chi connectivity index (χ2n) is 8.67. The minimum Gasteiger partial charge on any atom is -0.396 e. The molecule has 4 nitrogen and oxygen atoms in total. The van der Waals surface area contributed by atoms with Crippen molar-refractivity contribution in [1.82, 2.24) is 9.80 Å². The molecule has 0 radical (unpaired) electrons. The van der Waals surface area contributed by atoms with Crippen molar-refractivity contribution in [2.75, 3.05) is 32.8 Å². The van der Waals surface area contributed by atoms with Crippen LogP contribution in [0.2, 0.25) is 0 Å². The fraction of sp³-hybridized carbons (Fsp3) is 0.458. The Balaban J connectivity index is 1.47. The number of hydrogen-bond acceptors (Lipinski definition) is 3. The first kappa shape index (κ1) is 19.2. The smallest absolute Gasteiger partial charge is 0.253 e. The fourth-order valence-corrected chi connectivity index (χ4v) is 4.86. The summed E-state index contributed by atoms with van der Waals surface area (Å²) in [4.78, 5) is 17.5. The Kier molecular flexibility index (Phi) is 5.26. The van der Waals surface area contributed by atoms with Crippen LogP contribution in [0.4, 0.5) is 0 Å². The Morgan fingerprint density at radius 2 is 1.89 bits per heavy atom. The maximum atomic E-state index is 13.1. The average Bonchev–Trinajstić information content (AvgIpc) is 3.07. The van der Waals surface area contributed by atoms with E-state index in [1.807, 2.05) is 29.2 Å². The molecule has 2 atom stereocenters. The van der Waals surface area contributed by atoms with Gasteiger partial charge in [0.05, 0.1) is 6.61 Å². The Morgan fingerprint density at radius 3 is 2.61 bits per heavy atom. The first-order valence-corrected chi connectivity index (χ1v) is 10.2. The zero-order chi connectivity index (χ0) is 19.7. The van der Waals surface area contributed by atoms with Crippen LogP contribution in [0.1, 0.15) is 33.5 Å². The van der Waals surface area contributed by atoms with Gasteiger partial charge in [-0.05, 0) is 55.0 Å². The number of carbonyl (C=O) groups is 1. The molecule has 2 fully saturated rings. The summed E-state index contributed by atoms with van der Waals surface area (Å²) in [5, 5.41) is 10.2. The van der Waals surface area contributed by atoms with Crippen molar-refractivity contribution in [2.45, 2.75) is 26.8 Å². The van der Waals surface area contributed by atoms with Gasteiger partial charge in [-0.1, -0.05) is 36.4 Å². The molecule has 0 saturated carbocycles. The minimum atomic E-state index is -0.0746. The molecule has 0 aromatic heterocycles. The average molecular weight is 379 g/mol. The molecule has 1 N–H and O–H groups in total. The number of benzene rings is 2. The summed E-state index contributed by atoms with van der Waals surface area (Å²) in [6.45, 7) is 8.54. The number of hydrogen-bond donors (Lipinski definition) is 1. The highest BCUT2D eigenvalue weighted by Crippen LogP contribution is 2.43. The van der Waals surface area contributed by atoms with Gasteiger partial charge in [-0.15, -0.1) is 0 Å². The molecule has 2 aromatic carbocycles. The van der Waals surface area contributed by atoms with Crippen molar-refractivity contribution >= 4 is 5.91 Å². The third kappa shape index (κ3) is 3.59. The van der Waals surface area contributed by atoms with Crippen LogP contribution < -0.4 is 0 Å². The molecule has 2 aromatic rings. The van der Waals surface area contributed by atoms with E-state index < -0.39 is 0 Å². The van der Waals surface area contributed by atoms with E-state index in [-0.39, 0.29) is 17.9 Å². The molecule has 2 aliphatic rings. The largest absolute Gasteiger partial charge is 0.396 e. The summed E-state index contributed by atoms with van der Waals surface area (Å²) in [6.07, 6.45) is 0.871. The minimum absolute atomic E-state index is 0.0746. The van der Waals surface area contributed by atoms with Gasteiger partial charge in [0.15, 0.2) is 0 Å². The molecular formula is C24H30N2O2. The third-order valence-corrected chi connectivity index (χ3v) is 6.81. The molecule has 0 bridgehead atoms. The molecule has 2 saturated heterocycles. The lowest BCUT2D eigenvalue weighted by Gasteiger charge is -2.42. The summed E-state index contributed by atoms with van der Waals surface area (Å²) in [5.74, 6) is 0.446. The van der Waals surface area contributed by atoms with Crippen LogP contribution in [-0.4, -0.2) is 53.6 Å². The van der Waals surface area contributed by atoms with Gasteiger partial charge in [0, 0.05) is 43.7 Å². The van der Waals surface area contributed by atoms with E-state index in [0.29, 0.717) is 5.92 Å². The summed E-state index contributed by atoms with van der Waals surface area (Å²) >= 11 is 0. The van der Waals surface area contributed by atoms with Crippen LogP contribution in [-0.2, 0) is 6.54 Å². The number of aliphatic hydroxyl groups is 1. The Hall–Kier alpha value is -2.17. The molecule has 4 heteroatoms. The highest BCUT2D eigenvalue weighted by molar-refractivity contribution is 5.94. The Labute approximate surface area is 167 Å². The van der Waals surface area contributed by atoms with Gasteiger partial charge in [0.25, 0.3) is 5.91 Å². The number of likely N-dealkylation sites (tertiary alicyclic amines) is 2. The number of nitrogens with zero attached hydrogens (tertiary/aromatic N) is 2. The normalized spacial score (nSPS) is 25.0. The van der Waals surface area contributed by atoms with E-state index >= 15 is 0 Å². The number of carbonyl (C=O) groups excluding carboxylic acids is 1. The van der Waals surface area contributed by atoms with Crippen LogP contribution in [0.3, 0.4) is 0 Å². The summed E-state index contributed by atoms with van der Waals surface area (Å²) in [7, 11) is 0. The van der Waals surface area contributed by atoms with Crippen molar-refractivity contribution < 1.29 is 9.90 Å². The van der Waals surface area contributed by atoms with Gasteiger partial charge in [-0.2, -0.15) is 0 Å². The predicted octanol–water partition coefficient (Wildman–Crippen LogP) is 3.26. The van der Waals surface area contributed by atoms with E-state index in [0.717, 1.165) is 50.3 Å². The van der Waals surface area contributed by atoms with Crippen molar-refractivity contribution in [3.05, 3.63) is 70.8 Å². The summed E-state index contributed by atoms with van der Waals surface area (Å²) in [5.41, 5.74) is 4.37. The van der Waals surface area contributed by atoms with Gasteiger partial charge in [-0.3, -0.25) is 9.69 Å². The zero-order valence-electron chi connectivity index (χ0n) is 16.9. The highest BCUT2D eigenvalue weighted by Gasteiger charge is 2.49. The molecule has 2 heterocycles. The quantitative estimate of drug-likeness (QED) is 0.888. The predicted molar refractivity (Wildman–Crippen MR) is 111 cm³/mol. The highest BCUT2D eigenvalue weighted by atomic mass is 16.3. The molecule has 4 rings (SSSR count). The van der Waals surface area contributed by atoms with Gasteiger partial charge in [0.1, 0.15) is 0 Å². The number of fused-ring (bicyclic) bond motifs is 1. The maximum absolute atomic E-state index is 13.1. The van der Waals surface area contributed by atoms with E-state index in [1.165, 1.54) is 11.1 Å². The van der Waals surface area contributed by atoms with E-state index in [2.05, 4.69) is 43.0 Å². The lowest BCUT2D eigenvalue weighted by molar-refractivity contribution is 0.0177. The molecule has 28 heavy (non-hydrogen) atoms. The Morgan fingerprint density at radius 1 is 1.11 bits per heavy atom. The fourth-order valence-electron chi connectivity index (χ4n) is 4.86. The van der Waals surface area contributed by atoms with Crippen LogP contribution in [0.25, 0.3) is 0 Å². The topological polar surface area (TPSA) is 43.8 Å². The molecule has 0 aliphatic carbocycles. The van der Waals surface area contributed by atoms with Crippen molar-refractivity contribution in [2.24, 2.45) is 11.3 Å².